The molecular weight excluding hydrogens is 640 g/mol. The van der Waals surface area contributed by atoms with Gasteiger partial charge in [-0.15, -0.1) is 0 Å². The molecule has 5 aromatic rings. The van der Waals surface area contributed by atoms with Crippen LogP contribution in [0.2, 0.25) is 0 Å². The summed E-state index contributed by atoms with van der Waals surface area (Å²) in [6.07, 6.45) is 1.97. The summed E-state index contributed by atoms with van der Waals surface area (Å²) in [5.41, 5.74) is 2.56. The molecule has 9 nitrogen and oxygen atoms in total. The molecule has 51 heavy (non-hydrogen) atoms. The van der Waals surface area contributed by atoms with Crippen LogP contribution in [0, 0.1) is 5.92 Å². The first-order valence-electron chi connectivity index (χ1n) is 17.6. The van der Waals surface area contributed by atoms with Crippen molar-refractivity contribution in [3.05, 3.63) is 132 Å². The zero-order valence-electron chi connectivity index (χ0n) is 28.8. The van der Waals surface area contributed by atoms with Gasteiger partial charge in [-0.25, -0.2) is 4.79 Å². The minimum absolute atomic E-state index is 0.159. The molecule has 4 N–H and O–H groups in total. The number of nitrogens with one attached hydrogen (secondary N) is 4. The summed E-state index contributed by atoms with van der Waals surface area (Å²) in [7, 11) is 1.28. The lowest BCUT2D eigenvalue weighted by atomic mass is 9.95. The molecule has 3 amide bonds. The highest BCUT2D eigenvalue weighted by atomic mass is 16.5. The van der Waals surface area contributed by atoms with Gasteiger partial charge in [0, 0.05) is 25.2 Å². The average Bonchev–Trinajstić information content (AvgIpc) is 3.17. The molecular formula is C42H44N4O5. The van der Waals surface area contributed by atoms with Crippen molar-refractivity contribution >= 4 is 45.2 Å². The highest BCUT2D eigenvalue weighted by Crippen LogP contribution is 2.20. The molecule has 6 rings (SSSR count). The summed E-state index contributed by atoms with van der Waals surface area (Å²) in [5.74, 6) is -2.00. The van der Waals surface area contributed by atoms with Crippen LogP contribution in [0.25, 0.3) is 21.5 Å². The van der Waals surface area contributed by atoms with Crippen molar-refractivity contribution in [2.75, 3.05) is 20.2 Å². The van der Waals surface area contributed by atoms with Gasteiger partial charge < -0.3 is 26.0 Å². The number of hydrogen-bond acceptors (Lipinski definition) is 6. The fourth-order valence-electron chi connectivity index (χ4n) is 6.73. The SMILES string of the molecule is COC(=O)C(Cc1ccccc1)NC(=O)C(Cc1ccc2ccccc2c1)NC(=O)[C@@H](Cc1ccc2ccccc2c1)NC(=O)C1CCNCC1. The standard InChI is InChI=1S/C42H44N4O5/c1-51-42(50)38(25-28-9-3-2-4-10-28)46-41(49)37(27-30-16-18-32-12-6-8-14-35(32)24-30)45-40(48)36(44-39(47)33-19-21-43-22-20-33)26-29-15-17-31-11-5-7-13-34(31)23-29/h2-18,23-24,33,36-38,43H,19-22,25-27H2,1H3,(H,44,47)(H,45,48)(H,46,49)/t36-,37?,38?/m1/s1. The summed E-state index contributed by atoms with van der Waals surface area (Å²) in [6, 6.07) is 34.2. The topological polar surface area (TPSA) is 126 Å². The van der Waals surface area contributed by atoms with E-state index in [1.54, 1.807) is 0 Å². The van der Waals surface area contributed by atoms with Crippen LogP contribution in [0.1, 0.15) is 29.5 Å². The fourth-order valence-corrected chi connectivity index (χ4v) is 6.73. The summed E-state index contributed by atoms with van der Waals surface area (Å²) in [6.45, 7) is 1.47. The lowest BCUT2D eigenvalue weighted by Gasteiger charge is -2.27. The van der Waals surface area contributed by atoms with Gasteiger partial charge in [0.2, 0.25) is 17.7 Å². The first-order chi connectivity index (χ1) is 24.9. The molecule has 3 atom stereocenters. The Hall–Kier alpha value is -5.54. The number of methoxy groups -OCH3 is 1. The first kappa shape index (κ1) is 35.3. The Kier molecular flexibility index (Phi) is 11.7. The van der Waals surface area contributed by atoms with Crippen LogP contribution in [-0.4, -0.2) is 62.0 Å². The Morgan fingerprint density at radius 1 is 0.588 bits per heavy atom. The quantitative estimate of drug-likeness (QED) is 0.134. The maximum absolute atomic E-state index is 14.3. The predicted octanol–water partition coefficient (Wildman–Crippen LogP) is 4.65. The summed E-state index contributed by atoms with van der Waals surface area (Å²) < 4.78 is 5.06. The summed E-state index contributed by atoms with van der Waals surface area (Å²) in [5, 5.41) is 16.3. The maximum atomic E-state index is 14.3. The van der Waals surface area contributed by atoms with Gasteiger partial charge in [0.05, 0.1) is 7.11 Å². The van der Waals surface area contributed by atoms with Gasteiger partial charge >= 0.3 is 5.97 Å². The number of fused-ring (bicyclic) bond motifs is 2. The molecule has 0 saturated carbocycles. The van der Waals surface area contributed by atoms with Gasteiger partial charge in [0.1, 0.15) is 18.1 Å². The Morgan fingerprint density at radius 2 is 1.06 bits per heavy atom. The zero-order chi connectivity index (χ0) is 35.6. The van der Waals surface area contributed by atoms with Gasteiger partial charge in [0.25, 0.3) is 0 Å². The van der Waals surface area contributed by atoms with Gasteiger partial charge in [0.15, 0.2) is 0 Å². The maximum Gasteiger partial charge on any atom is 0.328 e. The minimum atomic E-state index is -1.06. The van der Waals surface area contributed by atoms with Crippen LogP contribution in [0.5, 0.6) is 0 Å². The second kappa shape index (κ2) is 16.9. The van der Waals surface area contributed by atoms with Crippen molar-refractivity contribution in [3.63, 3.8) is 0 Å². The van der Waals surface area contributed by atoms with Gasteiger partial charge in [-0.3, -0.25) is 14.4 Å². The molecule has 9 heteroatoms. The van der Waals surface area contributed by atoms with E-state index in [2.05, 4.69) is 21.3 Å². The second-order valence-electron chi connectivity index (χ2n) is 13.2. The lowest BCUT2D eigenvalue weighted by Crippen LogP contribution is -2.57. The molecule has 1 heterocycles. The van der Waals surface area contributed by atoms with Crippen LogP contribution in [-0.2, 0) is 43.2 Å². The normalized spacial score (nSPS) is 15.0. The third kappa shape index (κ3) is 9.38. The van der Waals surface area contributed by atoms with Crippen molar-refractivity contribution in [1.29, 1.82) is 0 Å². The highest BCUT2D eigenvalue weighted by Gasteiger charge is 2.32. The number of carbonyl (C=O) groups is 4. The van der Waals surface area contributed by atoms with Gasteiger partial charge in [-0.1, -0.05) is 115 Å². The Labute approximate surface area is 298 Å². The summed E-state index contributed by atoms with van der Waals surface area (Å²) in [4.78, 5) is 54.9. The molecule has 1 fully saturated rings. The number of benzene rings is 5. The van der Waals surface area contributed by atoms with E-state index in [0.717, 1.165) is 51.3 Å². The van der Waals surface area contributed by atoms with E-state index in [0.29, 0.717) is 12.8 Å². The predicted molar refractivity (Wildman–Crippen MR) is 199 cm³/mol. The molecule has 2 unspecified atom stereocenters. The summed E-state index contributed by atoms with van der Waals surface area (Å²) >= 11 is 0. The van der Waals surface area contributed by atoms with E-state index in [4.69, 9.17) is 4.74 Å². The average molecular weight is 685 g/mol. The Bertz CT molecular complexity index is 1990. The minimum Gasteiger partial charge on any atom is -0.467 e. The number of rotatable bonds is 13. The number of piperidine rings is 1. The van der Waals surface area contributed by atoms with Crippen LogP contribution in [0.15, 0.2) is 115 Å². The number of hydrogen-bond donors (Lipinski definition) is 4. The van der Waals surface area contributed by atoms with Crippen LogP contribution in [0.4, 0.5) is 0 Å². The molecule has 5 aromatic carbocycles. The molecule has 0 bridgehead atoms. The van der Waals surface area contributed by atoms with Crippen molar-refractivity contribution in [1.82, 2.24) is 21.3 Å². The first-order valence-corrected chi connectivity index (χ1v) is 17.6. The largest absolute Gasteiger partial charge is 0.467 e. The van der Waals surface area contributed by atoms with Crippen LogP contribution < -0.4 is 21.3 Å². The van der Waals surface area contributed by atoms with E-state index >= 15 is 0 Å². The third-order valence-electron chi connectivity index (χ3n) is 9.57. The van der Waals surface area contributed by atoms with Crippen molar-refractivity contribution < 1.29 is 23.9 Å². The third-order valence-corrected chi connectivity index (χ3v) is 9.57. The number of amides is 3. The van der Waals surface area contributed by atoms with Crippen molar-refractivity contribution in [2.24, 2.45) is 5.92 Å². The molecule has 1 saturated heterocycles. The molecule has 0 radical (unpaired) electrons. The number of esters is 1. The molecule has 0 aliphatic carbocycles. The molecule has 1 aliphatic heterocycles. The lowest BCUT2D eigenvalue weighted by molar-refractivity contribution is -0.145. The van der Waals surface area contributed by atoms with Crippen molar-refractivity contribution in [3.8, 4) is 0 Å². The second-order valence-corrected chi connectivity index (χ2v) is 13.2. The van der Waals surface area contributed by atoms with E-state index in [-0.39, 0.29) is 31.1 Å². The number of carbonyl (C=O) groups excluding carboxylic acids is 4. The Balaban J connectivity index is 1.28. The van der Waals surface area contributed by atoms with E-state index < -0.39 is 35.9 Å². The molecule has 0 aromatic heterocycles. The molecule has 1 aliphatic rings. The molecule has 262 valence electrons. The monoisotopic (exact) mass is 684 g/mol. The zero-order valence-corrected chi connectivity index (χ0v) is 28.8. The van der Waals surface area contributed by atoms with Crippen molar-refractivity contribution in [2.45, 2.75) is 50.2 Å². The van der Waals surface area contributed by atoms with Gasteiger partial charge in [-0.05, 0) is 64.2 Å². The highest BCUT2D eigenvalue weighted by molar-refractivity contribution is 5.94. The molecule has 0 spiro atoms. The van der Waals surface area contributed by atoms with E-state index in [1.807, 2.05) is 115 Å². The van der Waals surface area contributed by atoms with Gasteiger partial charge in [-0.2, -0.15) is 0 Å². The number of ether oxygens (including phenoxy) is 1. The van der Waals surface area contributed by atoms with Crippen LogP contribution >= 0.6 is 0 Å². The van der Waals surface area contributed by atoms with E-state index in [9.17, 15) is 19.2 Å². The van der Waals surface area contributed by atoms with Crippen LogP contribution in [0.3, 0.4) is 0 Å². The van der Waals surface area contributed by atoms with E-state index in [1.165, 1.54) is 7.11 Å². The smallest absolute Gasteiger partial charge is 0.328 e. The fraction of sp³-hybridized carbons (Fsp3) is 0.286. The Morgan fingerprint density at radius 3 is 1.61 bits per heavy atom.